The van der Waals surface area contributed by atoms with Gasteiger partial charge in [0.25, 0.3) is 0 Å². The van der Waals surface area contributed by atoms with Crippen molar-refractivity contribution in [2.45, 2.75) is 32.2 Å². The number of alkyl halides is 1. The van der Waals surface area contributed by atoms with Crippen LogP contribution in [0.2, 0.25) is 0 Å². The van der Waals surface area contributed by atoms with Crippen LogP contribution in [0.25, 0.3) is 11.0 Å². The second kappa shape index (κ2) is 5.10. The molecule has 0 bridgehead atoms. The first kappa shape index (κ1) is 13.1. The van der Waals surface area contributed by atoms with Crippen molar-refractivity contribution in [2.24, 2.45) is 0 Å². The fourth-order valence-corrected chi connectivity index (χ4v) is 2.52. The topological polar surface area (TPSA) is 17.8 Å². The van der Waals surface area contributed by atoms with Gasteiger partial charge in [-0.05, 0) is 42.0 Å². The molecule has 0 saturated heterocycles. The lowest BCUT2D eigenvalue weighted by atomic mass is 10.3. The molecule has 5 heteroatoms. The van der Waals surface area contributed by atoms with E-state index in [0.29, 0.717) is 3.57 Å². The fourth-order valence-electron chi connectivity index (χ4n) is 1.90. The molecule has 0 aliphatic heterocycles. The Kier molecular flexibility index (Phi) is 3.92. The molecule has 0 aliphatic rings. The lowest BCUT2D eigenvalue weighted by Gasteiger charge is -2.08. The van der Waals surface area contributed by atoms with Crippen LogP contribution in [0.15, 0.2) is 12.1 Å². The van der Waals surface area contributed by atoms with Crippen molar-refractivity contribution in [3.63, 3.8) is 0 Å². The molecule has 2 nitrogen and oxygen atoms in total. The van der Waals surface area contributed by atoms with Crippen molar-refractivity contribution in [1.29, 1.82) is 0 Å². The minimum atomic E-state index is -0.205. The Labute approximate surface area is 118 Å². The molecular weight excluding hydrogens is 354 g/mol. The molecule has 0 saturated carbocycles. The minimum Gasteiger partial charge on any atom is -0.327 e. The van der Waals surface area contributed by atoms with Gasteiger partial charge in [-0.15, -0.1) is 11.6 Å². The average Bonchev–Trinajstić information content (AvgIpc) is 2.59. The average molecular weight is 367 g/mol. The Hall–Kier alpha value is -0.360. The zero-order valence-corrected chi connectivity index (χ0v) is 12.6. The molecule has 0 N–H and O–H groups in total. The van der Waals surface area contributed by atoms with E-state index in [1.807, 2.05) is 34.1 Å². The Morgan fingerprint density at radius 3 is 2.82 bits per heavy atom. The first-order valence-corrected chi connectivity index (χ1v) is 7.05. The van der Waals surface area contributed by atoms with Crippen LogP contribution in [-0.4, -0.2) is 9.55 Å². The summed E-state index contributed by atoms with van der Waals surface area (Å²) in [6, 6.07) is 3.31. The third kappa shape index (κ3) is 2.42. The molecule has 1 atom stereocenters. The van der Waals surface area contributed by atoms with Gasteiger partial charge in [0.15, 0.2) is 0 Å². The third-order valence-corrected chi connectivity index (χ3v) is 3.64. The molecule has 0 spiro atoms. The second-order valence-electron chi connectivity index (χ2n) is 3.99. The number of fused-ring (bicyclic) bond motifs is 1. The summed E-state index contributed by atoms with van der Waals surface area (Å²) in [6.45, 7) is 4.77. The molecule has 1 aromatic carbocycles. The summed E-state index contributed by atoms with van der Waals surface area (Å²) in [5.41, 5.74) is 1.64. The predicted molar refractivity (Wildman–Crippen MR) is 77.0 cm³/mol. The molecule has 0 fully saturated rings. The van der Waals surface area contributed by atoms with Gasteiger partial charge < -0.3 is 4.57 Å². The lowest BCUT2D eigenvalue weighted by molar-refractivity contribution is 0.617. The summed E-state index contributed by atoms with van der Waals surface area (Å²) in [4.78, 5) is 4.49. The van der Waals surface area contributed by atoms with Gasteiger partial charge in [0.05, 0.1) is 20.0 Å². The molecule has 2 aromatic rings. The van der Waals surface area contributed by atoms with E-state index in [0.717, 1.165) is 29.8 Å². The number of nitrogens with zero attached hydrogens (tertiary/aromatic N) is 2. The zero-order valence-electron chi connectivity index (χ0n) is 9.67. The summed E-state index contributed by atoms with van der Waals surface area (Å²) in [6.07, 6.45) is 0.968. The third-order valence-electron chi connectivity index (χ3n) is 2.62. The molecule has 1 heterocycles. The van der Waals surface area contributed by atoms with E-state index in [9.17, 15) is 4.39 Å². The van der Waals surface area contributed by atoms with Gasteiger partial charge >= 0.3 is 0 Å². The largest absolute Gasteiger partial charge is 0.327 e. The van der Waals surface area contributed by atoms with Gasteiger partial charge in [0, 0.05) is 12.6 Å². The van der Waals surface area contributed by atoms with E-state index in [4.69, 9.17) is 11.6 Å². The molecule has 92 valence electrons. The van der Waals surface area contributed by atoms with Crippen molar-refractivity contribution >= 4 is 45.2 Å². The van der Waals surface area contributed by atoms with Gasteiger partial charge in [-0.3, -0.25) is 0 Å². The van der Waals surface area contributed by atoms with Crippen LogP contribution in [-0.2, 0) is 6.54 Å². The summed E-state index contributed by atoms with van der Waals surface area (Å²) >= 11 is 8.09. The molecule has 0 amide bonds. The number of hydrogen-bond acceptors (Lipinski definition) is 1. The Bertz CT molecular complexity index is 551. The van der Waals surface area contributed by atoms with Crippen LogP contribution in [0.4, 0.5) is 4.39 Å². The molecular formula is C12H13ClFIN2. The highest BCUT2D eigenvalue weighted by Crippen LogP contribution is 2.27. The van der Waals surface area contributed by atoms with Gasteiger partial charge in [0.2, 0.25) is 0 Å². The van der Waals surface area contributed by atoms with Crippen molar-refractivity contribution in [1.82, 2.24) is 9.55 Å². The standard InChI is InChI=1S/C12H13ClFIN2/c1-3-4-17-11-5-8(14)9(15)6-10(11)16-12(17)7(2)13/h5-7H,3-4H2,1-2H3. The van der Waals surface area contributed by atoms with E-state index >= 15 is 0 Å². The number of aryl methyl sites for hydroxylation is 1. The van der Waals surface area contributed by atoms with Crippen molar-refractivity contribution in [3.8, 4) is 0 Å². The fraction of sp³-hybridized carbons (Fsp3) is 0.417. The van der Waals surface area contributed by atoms with Crippen LogP contribution in [0, 0.1) is 9.39 Å². The minimum absolute atomic E-state index is 0.172. The lowest BCUT2D eigenvalue weighted by Crippen LogP contribution is -2.03. The first-order chi connectivity index (χ1) is 8.04. The highest BCUT2D eigenvalue weighted by atomic mass is 127. The molecule has 2 rings (SSSR count). The number of imidazole rings is 1. The summed E-state index contributed by atoms with van der Waals surface area (Å²) in [5.74, 6) is 0.606. The molecule has 0 radical (unpaired) electrons. The molecule has 0 aliphatic carbocycles. The summed E-state index contributed by atoms with van der Waals surface area (Å²) in [7, 11) is 0. The molecule has 1 aromatic heterocycles. The van der Waals surface area contributed by atoms with Gasteiger partial charge in [-0.25, -0.2) is 9.37 Å². The van der Waals surface area contributed by atoms with Gasteiger partial charge in [-0.2, -0.15) is 0 Å². The van der Waals surface area contributed by atoms with E-state index in [1.54, 1.807) is 12.1 Å². The molecule has 1 unspecified atom stereocenters. The Morgan fingerprint density at radius 2 is 2.24 bits per heavy atom. The highest BCUT2D eigenvalue weighted by Gasteiger charge is 2.16. The van der Waals surface area contributed by atoms with Crippen LogP contribution >= 0.6 is 34.2 Å². The quantitative estimate of drug-likeness (QED) is 0.578. The Balaban J connectivity index is 2.71. The van der Waals surface area contributed by atoms with Crippen LogP contribution in [0.3, 0.4) is 0 Å². The predicted octanol–water partition coefficient (Wildman–Crippen LogP) is 4.49. The maximum atomic E-state index is 13.6. The van der Waals surface area contributed by atoms with Crippen LogP contribution in [0.5, 0.6) is 0 Å². The maximum Gasteiger partial charge on any atom is 0.138 e. The van der Waals surface area contributed by atoms with Crippen molar-refractivity contribution in [3.05, 3.63) is 27.3 Å². The smallest absolute Gasteiger partial charge is 0.138 e. The first-order valence-electron chi connectivity index (χ1n) is 5.53. The van der Waals surface area contributed by atoms with E-state index < -0.39 is 0 Å². The second-order valence-corrected chi connectivity index (χ2v) is 5.81. The number of hydrogen-bond donors (Lipinski definition) is 0. The van der Waals surface area contributed by atoms with Crippen LogP contribution < -0.4 is 0 Å². The maximum absolute atomic E-state index is 13.6. The van der Waals surface area contributed by atoms with Crippen molar-refractivity contribution in [2.75, 3.05) is 0 Å². The number of benzene rings is 1. The number of halogens is 3. The number of aromatic nitrogens is 2. The SMILES string of the molecule is CCCn1c(C(C)Cl)nc2cc(I)c(F)cc21. The van der Waals surface area contributed by atoms with Crippen molar-refractivity contribution < 1.29 is 4.39 Å². The molecule has 17 heavy (non-hydrogen) atoms. The highest BCUT2D eigenvalue weighted by molar-refractivity contribution is 14.1. The van der Waals surface area contributed by atoms with E-state index in [1.165, 1.54) is 0 Å². The van der Waals surface area contributed by atoms with Crippen LogP contribution in [0.1, 0.15) is 31.5 Å². The Morgan fingerprint density at radius 1 is 1.53 bits per heavy atom. The summed E-state index contributed by atoms with van der Waals surface area (Å²) < 4.78 is 16.2. The zero-order chi connectivity index (χ0) is 12.6. The van der Waals surface area contributed by atoms with Gasteiger partial charge in [0.1, 0.15) is 11.6 Å². The van der Waals surface area contributed by atoms with Gasteiger partial charge in [-0.1, -0.05) is 6.92 Å². The summed E-state index contributed by atoms with van der Waals surface area (Å²) in [5, 5.41) is -0.172. The number of rotatable bonds is 3. The monoisotopic (exact) mass is 366 g/mol. The van der Waals surface area contributed by atoms with E-state index in [-0.39, 0.29) is 11.2 Å². The van der Waals surface area contributed by atoms with E-state index in [2.05, 4.69) is 11.9 Å². The normalized spacial score (nSPS) is 13.2.